The summed E-state index contributed by atoms with van der Waals surface area (Å²) in [5.41, 5.74) is 0. The smallest absolute Gasteiger partial charge is 0.222 e. The third-order valence-electron chi connectivity index (χ3n) is 3.03. The first-order valence-corrected chi connectivity index (χ1v) is 6.66. The lowest BCUT2D eigenvalue weighted by molar-refractivity contribution is 0.296. The molecule has 1 N–H and O–H groups in total. The van der Waals surface area contributed by atoms with E-state index in [4.69, 9.17) is 11.6 Å². The van der Waals surface area contributed by atoms with Gasteiger partial charge in [0.05, 0.1) is 17.4 Å². The number of halogens is 1. The summed E-state index contributed by atoms with van der Waals surface area (Å²) >= 11 is 5.72. The van der Waals surface area contributed by atoms with Crippen molar-refractivity contribution in [2.24, 2.45) is 0 Å². The van der Waals surface area contributed by atoms with Crippen molar-refractivity contribution in [3.63, 3.8) is 0 Å². The molecule has 4 nitrogen and oxygen atoms in total. The Kier molecular flexibility index (Phi) is 5.01. The fraction of sp³-hybridized carbons (Fsp3) is 0.667. The van der Waals surface area contributed by atoms with Crippen LogP contribution in [0.15, 0.2) is 12.4 Å². The Morgan fingerprint density at radius 3 is 2.41 bits per heavy atom. The number of nitrogens with zero attached hydrogens (tertiary/aromatic N) is 3. The molecule has 5 heteroatoms. The molecule has 0 saturated carbocycles. The Balaban J connectivity index is 1.69. The monoisotopic (exact) mass is 254 g/mol. The lowest BCUT2D eigenvalue weighted by Gasteiger charge is -2.19. The standard InChI is InChI=1S/C12H19ClN4/c13-11-9-15-12(16-10-11)14-5-8-17-6-3-1-2-4-7-17/h9-10H,1-8H2,(H,14,15,16). The van der Waals surface area contributed by atoms with E-state index in [9.17, 15) is 0 Å². The highest BCUT2D eigenvalue weighted by molar-refractivity contribution is 6.30. The van der Waals surface area contributed by atoms with E-state index >= 15 is 0 Å². The summed E-state index contributed by atoms with van der Waals surface area (Å²) in [6, 6.07) is 0. The van der Waals surface area contributed by atoms with Gasteiger partial charge < -0.3 is 10.2 Å². The van der Waals surface area contributed by atoms with Crippen molar-refractivity contribution in [2.75, 3.05) is 31.5 Å². The number of anilines is 1. The zero-order valence-electron chi connectivity index (χ0n) is 10.0. The van der Waals surface area contributed by atoms with E-state index in [-0.39, 0.29) is 0 Å². The molecular formula is C12H19ClN4. The van der Waals surface area contributed by atoms with Crippen LogP contribution in [0.3, 0.4) is 0 Å². The zero-order valence-corrected chi connectivity index (χ0v) is 10.8. The van der Waals surface area contributed by atoms with Crippen LogP contribution in [0, 0.1) is 0 Å². The third kappa shape index (κ3) is 4.48. The van der Waals surface area contributed by atoms with E-state index < -0.39 is 0 Å². The molecule has 0 amide bonds. The van der Waals surface area contributed by atoms with E-state index in [0.717, 1.165) is 13.1 Å². The van der Waals surface area contributed by atoms with Gasteiger partial charge in [-0.05, 0) is 25.9 Å². The molecule has 0 bridgehead atoms. The fourth-order valence-corrected chi connectivity index (χ4v) is 2.19. The van der Waals surface area contributed by atoms with Crippen LogP contribution in [0.2, 0.25) is 5.02 Å². The topological polar surface area (TPSA) is 41.1 Å². The Labute approximate surface area is 107 Å². The highest BCUT2D eigenvalue weighted by Crippen LogP contribution is 2.09. The molecular weight excluding hydrogens is 236 g/mol. The second-order valence-electron chi connectivity index (χ2n) is 4.41. The van der Waals surface area contributed by atoms with Crippen molar-refractivity contribution in [3.05, 3.63) is 17.4 Å². The van der Waals surface area contributed by atoms with Gasteiger partial charge in [0, 0.05) is 13.1 Å². The van der Waals surface area contributed by atoms with Gasteiger partial charge in [0.2, 0.25) is 5.95 Å². The minimum atomic E-state index is 0.572. The lowest BCUT2D eigenvalue weighted by atomic mass is 10.2. The predicted octanol–water partition coefficient (Wildman–Crippen LogP) is 2.42. The van der Waals surface area contributed by atoms with Crippen LogP contribution < -0.4 is 5.32 Å². The second-order valence-corrected chi connectivity index (χ2v) is 4.84. The fourth-order valence-electron chi connectivity index (χ4n) is 2.09. The summed E-state index contributed by atoms with van der Waals surface area (Å²) in [5.74, 6) is 0.657. The van der Waals surface area contributed by atoms with E-state index in [2.05, 4.69) is 20.2 Å². The molecule has 1 aromatic rings. The third-order valence-corrected chi connectivity index (χ3v) is 3.23. The first-order chi connectivity index (χ1) is 8.34. The van der Waals surface area contributed by atoms with Crippen LogP contribution in [0.1, 0.15) is 25.7 Å². The van der Waals surface area contributed by atoms with E-state index in [1.807, 2.05) is 0 Å². The van der Waals surface area contributed by atoms with Gasteiger partial charge in [-0.15, -0.1) is 0 Å². The van der Waals surface area contributed by atoms with Gasteiger partial charge in [-0.2, -0.15) is 0 Å². The molecule has 1 aliphatic rings. The van der Waals surface area contributed by atoms with Crippen molar-refractivity contribution in [3.8, 4) is 0 Å². The highest BCUT2D eigenvalue weighted by atomic mass is 35.5. The molecule has 0 unspecified atom stereocenters. The summed E-state index contributed by atoms with van der Waals surface area (Å²) < 4.78 is 0. The van der Waals surface area contributed by atoms with Gasteiger partial charge in [0.25, 0.3) is 0 Å². The quantitative estimate of drug-likeness (QED) is 0.896. The summed E-state index contributed by atoms with van der Waals surface area (Å²) in [6.07, 6.45) is 8.65. The van der Waals surface area contributed by atoms with Crippen LogP contribution in [0.4, 0.5) is 5.95 Å². The zero-order chi connectivity index (χ0) is 11.9. The van der Waals surface area contributed by atoms with Gasteiger partial charge in [0.15, 0.2) is 0 Å². The molecule has 0 aliphatic carbocycles. The SMILES string of the molecule is Clc1cnc(NCCN2CCCCCC2)nc1. The number of aromatic nitrogens is 2. The number of likely N-dealkylation sites (tertiary alicyclic amines) is 1. The van der Waals surface area contributed by atoms with Crippen LogP contribution in [-0.4, -0.2) is 41.0 Å². The molecule has 2 rings (SSSR count). The van der Waals surface area contributed by atoms with Crippen molar-refractivity contribution in [1.29, 1.82) is 0 Å². The minimum absolute atomic E-state index is 0.572. The van der Waals surface area contributed by atoms with Crippen LogP contribution in [-0.2, 0) is 0 Å². The first kappa shape index (κ1) is 12.6. The van der Waals surface area contributed by atoms with Crippen molar-refractivity contribution in [1.82, 2.24) is 14.9 Å². The van der Waals surface area contributed by atoms with Crippen molar-refractivity contribution >= 4 is 17.5 Å². The summed E-state index contributed by atoms with van der Waals surface area (Å²) in [7, 11) is 0. The normalized spacial score (nSPS) is 17.7. The van der Waals surface area contributed by atoms with Crippen molar-refractivity contribution in [2.45, 2.75) is 25.7 Å². The summed E-state index contributed by atoms with van der Waals surface area (Å²) in [4.78, 5) is 10.7. The predicted molar refractivity (Wildman–Crippen MR) is 70.4 cm³/mol. The average Bonchev–Trinajstić information content (AvgIpc) is 2.60. The first-order valence-electron chi connectivity index (χ1n) is 6.28. The van der Waals surface area contributed by atoms with Gasteiger partial charge >= 0.3 is 0 Å². The summed E-state index contributed by atoms with van der Waals surface area (Å²) in [5, 5.41) is 3.79. The molecule has 0 aromatic carbocycles. The molecule has 1 fully saturated rings. The number of nitrogens with one attached hydrogen (secondary N) is 1. The van der Waals surface area contributed by atoms with E-state index in [1.54, 1.807) is 12.4 Å². The molecule has 0 radical (unpaired) electrons. The number of hydrogen-bond donors (Lipinski definition) is 1. The molecule has 94 valence electrons. The highest BCUT2D eigenvalue weighted by Gasteiger charge is 2.08. The Hall–Kier alpha value is -0.870. The van der Waals surface area contributed by atoms with Gasteiger partial charge in [-0.3, -0.25) is 0 Å². The van der Waals surface area contributed by atoms with Gasteiger partial charge in [0.1, 0.15) is 0 Å². The maximum atomic E-state index is 5.72. The number of rotatable bonds is 4. The van der Waals surface area contributed by atoms with Crippen LogP contribution >= 0.6 is 11.6 Å². The minimum Gasteiger partial charge on any atom is -0.353 e. The van der Waals surface area contributed by atoms with Crippen LogP contribution in [0.25, 0.3) is 0 Å². The van der Waals surface area contributed by atoms with Crippen molar-refractivity contribution < 1.29 is 0 Å². The Bertz CT molecular complexity index is 320. The van der Waals surface area contributed by atoms with E-state index in [0.29, 0.717) is 11.0 Å². The maximum absolute atomic E-state index is 5.72. The second kappa shape index (κ2) is 6.77. The molecule has 1 saturated heterocycles. The molecule has 0 atom stereocenters. The van der Waals surface area contributed by atoms with E-state index in [1.165, 1.54) is 38.8 Å². The summed E-state index contributed by atoms with van der Waals surface area (Å²) in [6.45, 7) is 4.40. The lowest BCUT2D eigenvalue weighted by Crippen LogP contribution is -2.30. The Morgan fingerprint density at radius 2 is 1.76 bits per heavy atom. The molecule has 1 aliphatic heterocycles. The largest absolute Gasteiger partial charge is 0.353 e. The van der Waals surface area contributed by atoms with Gasteiger partial charge in [-0.1, -0.05) is 24.4 Å². The Morgan fingerprint density at radius 1 is 1.12 bits per heavy atom. The maximum Gasteiger partial charge on any atom is 0.222 e. The molecule has 2 heterocycles. The molecule has 0 spiro atoms. The number of hydrogen-bond acceptors (Lipinski definition) is 4. The van der Waals surface area contributed by atoms with Crippen LogP contribution in [0.5, 0.6) is 0 Å². The average molecular weight is 255 g/mol. The molecule has 1 aromatic heterocycles. The molecule has 17 heavy (non-hydrogen) atoms. The van der Waals surface area contributed by atoms with Gasteiger partial charge in [-0.25, -0.2) is 9.97 Å².